The maximum Gasteiger partial charge on any atom is 0.388 e. The van der Waals surface area contributed by atoms with Crippen molar-refractivity contribution in [1.29, 1.82) is 0 Å². The third-order valence-corrected chi connectivity index (χ3v) is 1.86. The van der Waals surface area contributed by atoms with Crippen LogP contribution in [0.25, 0.3) is 0 Å². The van der Waals surface area contributed by atoms with E-state index >= 15 is 0 Å². The van der Waals surface area contributed by atoms with Crippen molar-refractivity contribution < 1.29 is 17.9 Å². The lowest BCUT2D eigenvalue weighted by Crippen LogP contribution is -2.04. The van der Waals surface area contributed by atoms with Crippen LogP contribution in [0.5, 0.6) is 5.88 Å². The van der Waals surface area contributed by atoms with Gasteiger partial charge in [0.1, 0.15) is 5.82 Å². The third-order valence-electron chi connectivity index (χ3n) is 1.26. The Labute approximate surface area is 80.9 Å². The minimum Gasteiger partial charge on any atom is -0.417 e. The Kier molecular flexibility index (Phi) is 3.53. The van der Waals surface area contributed by atoms with Crippen molar-refractivity contribution in [3.8, 4) is 5.88 Å². The van der Waals surface area contributed by atoms with Crippen LogP contribution in [0.1, 0.15) is 5.56 Å². The maximum atomic E-state index is 12.9. The monoisotopic (exact) mass is 255 g/mol. The number of nitrogens with zero attached hydrogens (tertiary/aromatic N) is 1. The zero-order valence-corrected chi connectivity index (χ0v) is 7.89. The number of aromatic nitrogens is 1. The molecule has 0 atom stereocenters. The van der Waals surface area contributed by atoms with E-state index in [2.05, 4.69) is 25.7 Å². The molecule has 1 aromatic rings. The van der Waals surface area contributed by atoms with Gasteiger partial charge in [0.25, 0.3) is 0 Å². The molecule has 0 radical (unpaired) electrons. The molecule has 0 aliphatic heterocycles. The second-order valence-electron chi connectivity index (χ2n) is 2.13. The van der Waals surface area contributed by atoms with Gasteiger partial charge in [0.2, 0.25) is 5.88 Å². The summed E-state index contributed by atoms with van der Waals surface area (Å²) in [5.41, 5.74) is 0.293. The molecule has 2 nitrogen and oxygen atoms in total. The van der Waals surface area contributed by atoms with Crippen molar-refractivity contribution in [2.24, 2.45) is 0 Å². The first-order valence-electron chi connectivity index (χ1n) is 3.28. The van der Waals surface area contributed by atoms with Crippen molar-refractivity contribution in [3.05, 3.63) is 23.6 Å². The molecular weight excluding hydrogens is 251 g/mol. The second-order valence-corrected chi connectivity index (χ2v) is 2.69. The van der Waals surface area contributed by atoms with Crippen LogP contribution in [0.3, 0.4) is 0 Å². The van der Waals surface area contributed by atoms with E-state index in [-0.39, 0.29) is 5.33 Å². The van der Waals surface area contributed by atoms with Gasteiger partial charge >= 0.3 is 6.61 Å². The number of hydrogen-bond donors (Lipinski definition) is 0. The first-order chi connectivity index (χ1) is 6.13. The summed E-state index contributed by atoms with van der Waals surface area (Å²) in [5, 5.41) is 0.279. The lowest BCUT2D eigenvalue weighted by atomic mass is 10.3. The van der Waals surface area contributed by atoms with Gasteiger partial charge in [-0.2, -0.15) is 8.78 Å². The van der Waals surface area contributed by atoms with E-state index in [0.717, 1.165) is 12.3 Å². The average molecular weight is 256 g/mol. The fraction of sp³-hybridized carbons (Fsp3) is 0.286. The Hall–Kier alpha value is -0.780. The van der Waals surface area contributed by atoms with Crippen LogP contribution in [-0.4, -0.2) is 11.6 Å². The maximum absolute atomic E-state index is 12.9. The van der Waals surface area contributed by atoms with E-state index in [1.165, 1.54) is 0 Å². The molecule has 0 aliphatic carbocycles. The van der Waals surface area contributed by atoms with E-state index in [1.54, 1.807) is 0 Å². The molecule has 0 aliphatic rings. The normalized spacial score (nSPS) is 10.5. The van der Waals surface area contributed by atoms with Gasteiger partial charge in [-0.05, 0) is 0 Å². The van der Waals surface area contributed by atoms with Gasteiger partial charge in [-0.25, -0.2) is 9.37 Å². The van der Waals surface area contributed by atoms with Gasteiger partial charge in [0.05, 0.1) is 0 Å². The molecule has 0 amide bonds. The van der Waals surface area contributed by atoms with Gasteiger partial charge in [-0.1, -0.05) is 15.9 Å². The zero-order valence-electron chi connectivity index (χ0n) is 6.31. The Balaban J connectivity index is 2.83. The summed E-state index contributed by atoms with van der Waals surface area (Å²) in [6.07, 6.45) is 1.14. The minimum absolute atomic E-state index is 0.279. The quantitative estimate of drug-likeness (QED) is 0.775. The molecule has 1 heterocycles. The Morgan fingerprint density at radius 3 is 2.69 bits per heavy atom. The molecule has 1 rings (SSSR count). The van der Waals surface area contributed by atoms with Crippen molar-refractivity contribution in [1.82, 2.24) is 4.98 Å². The summed E-state index contributed by atoms with van der Waals surface area (Å²) >= 11 is 3.01. The highest BCUT2D eigenvalue weighted by atomic mass is 79.9. The molecule has 0 bridgehead atoms. The van der Waals surface area contributed by atoms with Crippen LogP contribution in [0.15, 0.2) is 12.3 Å². The van der Waals surface area contributed by atoms with E-state index in [0.29, 0.717) is 5.56 Å². The fourth-order valence-corrected chi connectivity index (χ4v) is 1.11. The summed E-state index contributed by atoms with van der Waals surface area (Å²) in [6, 6.07) is 0.822. The van der Waals surface area contributed by atoms with Crippen LogP contribution in [0, 0.1) is 5.82 Å². The highest BCUT2D eigenvalue weighted by Gasteiger charge is 2.08. The zero-order chi connectivity index (χ0) is 9.84. The van der Waals surface area contributed by atoms with Crippen molar-refractivity contribution >= 4 is 15.9 Å². The summed E-state index contributed by atoms with van der Waals surface area (Å²) in [4.78, 5) is 3.48. The number of ether oxygens (including phenoxy) is 1. The van der Waals surface area contributed by atoms with Crippen LogP contribution in [0.4, 0.5) is 13.2 Å². The van der Waals surface area contributed by atoms with Crippen LogP contribution >= 0.6 is 15.9 Å². The van der Waals surface area contributed by atoms with Gasteiger partial charge < -0.3 is 4.74 Å². The van der Waals surface area contributed by atoms with Crippen LogP contribution in [-0.2, 0) is 5.33 Å². The first-order valence-corrected chi connectivity index (χ1v) is 4.41. The lowest BCUT2D eigenvalue weighted by molar-refractivity contribution is -0.0530. The molecular formula is C7H5BrF3NO. The van der Waals surface area contributed by atoms with Crippen molar-refractivity contribution in [2.45, 2.75) is 11.9 Å². The summed E-state index contributed by atoms with van der Waals surface area (Å²) in [6.45, 7) is -2.98. The van der Waals surface area contributed by atoms with Gasteiger partial charge in [0.15, 0.2) is 0 Å². The summed E-state index contributed by atoms with van der Waals surface area (Å²) in [5.74, 6) is -1.04. The number of halogens is 4. The summed E-state index contributed by atoms with van der Waals surface area (Å²) < 4.78 is 40.1. The minimum atomic E-state index is -2.98. The number of alkyl halides is 3. The molecule has 0 aromatic carbocycles. The smallest absolute Gasteiger partial charge is 0.388 e. The fourth-order valence-electron chi connectivity index (χ4n) is 0.696. The predicted molar refractivity (Wildman–Crippen MR) is 43.5 cm³/mol. The van der Waals surface area contributed by atoms with Gasteiger partial charge in [0, 0.05) is 23.2 Å². The largest absolute Gasteiger partial charge is 0.417 e. The molecule has 0 unspecified atom stereocenters. The first kappa shape index (κ1) is 10.3. The second kappa shape index (κ2) is 4.45. The molecule has 0 fully saturated rings. The number of hydrogen-bond acceptors (Lipinski definition) is 2. The van der Waals surface area contributed by atoms with Crippen molar-refractivity contribution in [2.75, 3.05) is 0 Å². The van der Waals surface area contributed by atoms with E-state index in [4.69, 9.17) is 0 Å². The highest BCUT2D eigenvalue weighted by molar-refractivity contribution is 9.08. The lowest BCUT2D eigenvalue weighted by Gasteiger charge is -2.04. The topological polar surface area (TPSA) is 22.1 Å². The van der Waals surface area contributed by atoms with E-state index in [9.17, 15) is 13.2 Å². The van der Waals surface area contributed by atoms with E-state index < -0.39 is 18.3 Å². The Morgan fingerprint density at radius 1 is 1.54 bits per heavy atom. The molecule has 72 valence electrons. The molecule has 13 heavy (non-hydrogen) atoms. The molecule has 0 N–H and O–H groups in total. The SMILES string of the molecule is Fc1cc(OC(F)F)ncc1CBr. The van der Waals surface area contributed by atoms with Gasteiger partial charge in [-0.3, -0.25) is 0 Å². The molecule has 0 spiro atoms. The predicted octanol–water partition coefficient (Wildman–Crippen LogP) is 2.72. The standard InChI is InChI=1S/C7H5BrF3NO/c8-2-4-3-12-6(1-5(4)9)13-7(10)11/h1,3,7H,2H2. The highest BCUT2D eigenvalue weighted by Crippen LogP contribution is 2.16. The van der Waals surface area contributed by atoms with Crippen LogP contribution in [0.2, 0.25) is 0 Å². The molecule has 0 saturated carbocycles. The number of rotatable bonds is 3. The van der Waals surface area contributed by atoms with Crippen LogP contribution < -0.4 is 4.74 Å². The summed E-state index contributed by atoms with van der Waals surface area (Å²) in [7, 11) is 0. The van der Waals surface area contributed by atoms with E-state index in [1.807, 2.05) is 0 Å². The van der Waals surface area contributed by atoms with Gasteiger partial charge in [-0.15, -0.1) is 0 Å². The number of pyridine rings is 1. The molecule has 0 saturated heterocycles. The molecule has 6 heteroatoms. The Morgan fingerprint density at radius 2 is 2.23 bits per heavy atom. The van der Waals surface area contributed by atoms with Crippen molar-refractivity contribution in [3.63, 3.8) is 0 Å². The Bertz CT molecular complexity index is 295. The third kappa shape index (κ3) is 2.87. The molecule has 1 aromatic heterocycles. The average Bonchev–Trinajstić information content (AvgIpc) is 2.03.